The van der Waals surface area contributed by atoms with E-state index < -0.39 is 12.2 Å². The van der Waals surface area contributed by atoms with Gasteiger partial charge >= 0.3 is 6.03 Å². The summed E-state index contributed by atoms with van der Waals surface area (Å²) >= 11 is 0. The fourth-order valence-electron chi connectivity index (χ4n) is 1.26. The Morgan fingerprint density at radius 3 is 2.12 bits per heavy atom. The highest BCUT2D eigenvalue weighted by Crippen LogP contribution is 1.96. The topological polar surface area (TPSA) is 93.0 Å². The molecule has 0 saturated heterocycles. The number of amides is 2. The number of nitrogens with zero attached hydrogens (tertiary/aromatic N) is 1. The van der Waals surface area contributed by atoms with Crippen LogP contribution in [0.4, 0.5) is 4.79 Å². The standard InChI is InChI=1S/C10H22N2O4/c1-8(14)6-12(7-9(2)15)10(16)11-4-3-5-13/h8-9,13-15H,3-7H2,1-2H3,(H,11,16). The second kappa shape index (κ2) is 8.32. The zero-order valence-corrected chi connectivity index (χ0v) is 9.89. The van der Waals surface area contributed by atoms with Gasteiger partial charge in [0.2, 0.25) is 0 Å². The smallest absolute Gasteiger partial charge is 0.317 e. The molecule has 0 bridgehead atoms. The molecule has 2 atom stereocenters. The number of hydrogen-bond acceptors (Lipinski definition) is 4. The van der Waals surface area contributed by atoms with Gasteiger partial charge in [0, 0.05) is 26.2 Å². The summed E-state index contributed by atoms with van der Waals surface area (Å²) in [5.41, 5.74) is 0. The molecule has 0 heterocycles. The molecule has 0 aliphatic heterocycles. The SMILES string of the molecule is CC(O)CN(CC(C)O)C(=O)NCCCO. The van der Waals surface area contributed by atoms with Gasteiger partial charge in [-0.15, -0.1) is 0 Å². The zero-order chi connectivity index (χ0) is 12.6. The summed E-state index contributed by atoms with van der Waals surface area (Å²) < 4.78 is 0. The van der Waals surface area contributed by atoms with Gasteiger partial charge in [-0.25, -0.2) is 4.79 Å². The Hall–Kier alpha value is -0.850. The van der Waals surface area contributed by atoms with E-state index in [1.54, 1.807) is 13.8 Å². The van der Waals surface area contributed by atoms with Crippen LogP contribution in [-0.4, -0.2) is 64.7 Å². The van der Waals surface area contributed by atoms with Crippen LogP contribution in [0.1, 0.15) is 20.3 Å². The van der Waals surface area contributed by atoms with Crippen molar-refractivity contribution in [3.63, 3.8) is 0 Å². The third-order valence-corrected chi connectivity index (χ3v) is 1.87. The monoisotopic (exact) mass is 234 g/mol. The van der Waals surface area contributed by atoms with E-state index in [1.807, 2.05) is 0 Å². The highest BCUT2D eigenvalue weighted by molar-refractivity contribution is 5.74. The van der Waals surface area contributed by atoms with Crippen LogP contribution >= 0.6 is 0 Å². The third kappa shape index (κ3) is 7.44. The van der Waals surface area contributed by atoms with Crippen molar-refractivity contribution in [2.24, 2.45) is 0 Å². The third-order valence-electron chi connectivity index (χ3n) is 1.87. The Balaban J connectivity index is 4.10. The molecule has 0 saturated carbocycles. The molecule has 0 spiro atoms. The van der Waals surface area contributed by atoms with E-state index in [1.165, 1.54) is 4.90 Å². The Morgan fingerprint density at radius 2 is 1.75 bits per heavy atom. The van der Waals surface area contributed by atoms with E-state index in [-0.39, 0.29) is 25.7 Å². The number of urea groups is 1. The van der Waals surface area contributed by atoms with Gasteiger partial charge in [-0.1, -0.05) is 0 Å². The van der Waals surface area contributed by atoms with Crippen molar-refractivity contribution in [3.8, 4) is 0 Å². The molecule has 2 unspecified atom stereocenters. The van der Waals surface area contributed by atoms with Gasteiger partial charge in [0.05, 0.1) is 12.2 Å². The molecule has 0 aromatic heterocycles. The Morgan fingerprint density at radius 1 is 1.25 bits per heavy atom. The molecule has 6 nitrogen and oxygen atoms in total. The molecule has 0 aromatic carbocycles. The Labute approximate surface area is 95.9 Å². The van der Waals surface area contributed by atoms with Crippen molar-refractivity contribution in [3.05, 3.63) is 0 Å². The molecule has 0 radical (unpaired) electrons. The van der Waals surface area contributed by atoms with Crippen LogP contribution < -0.4 is 5.32 Å². The van der Waals surface area contributed by atoms with Gasteiger partial charge in [-0.3, -0.25) is 0 Å². The lowest BCUT2D eigenvalue weighted by molar-refractivity contribution is 0.0964. The predicted octanol–water partition coefficient (Wildman–Crippen LogP) is -0.858. The first-order valence-electron chi connectivity index (χ1n) is 5.47. The Kier molecular flexibility index (Phi) is 7.88. The summed E-state index contributed by atoms with van der Waals surface area (Å²) in [6, 6.07) is -0.338. The van der Waals surface area contributed by atoms with E-state index in [2.05, 4.69) is 5.32 Å². The van der Waals surface area contributed by atoms with Crippen molar-refractivity contribution in [2.45, 2.75) is 32.5 Å². The second-order valence-electron chi connectivity index (χ2n) is 3.91. The number of carbonyl (C=O) groups excluding carboxylic acids is 1. The lowest BCUT2D eigenvalue weighted by Crippen LogP contribution is -2.46. The zero-order valence-electron chi connectivity index (χ0n) is 9.89. The lowest BCUT2D eigenvalue weighted by atomic mass is 10.3. The first-order chi connectivity index (χ1) is 7.47. The van der Waals surface area contributed by atoms with Gasteiger partial charge in [0.25, 0.3) is 0 Å². The maximum Gasteiger partial charge on any atom is 0.317 e. The number of carbonyl (C=O) groups is 1. The summed E-state index contributed by atoms with van der Waals surface area (Å²) in [5, 5.41) is 29.6. The predicted molar refractivity (Wildman–Crippen MR) is 60.0 cm³/mol. The van der Waals surface area contributed by atoms with E-state index >= 15 is 0 Å². The van der Waals surface area contributed by atoms with Crippen molar-refractivity contribution in [2.75, 3.05) is 26.2 Å². The molecule has 0 aliphatic carbocycles. The molecule has 96 valence electrons. The summed E-state index contributed by atoms with van der Waals surface area (Å²) in [6.07, 6.45) is -0.784. The maximum absolute atomic E-state index is 11.6. The fourth-order valence-corrected chi connectivity index (χ4v) is 1.26. The van der Waals surface area contributed by atoms with Crippen LogP contribution in [-0.2, 0) is 0 Å². The van der Waals surface area contributed by atoms with Gasteiger partial charge in [0.1, 0.15) is 0 Å². The summed E-state index contributed by atoms with van der Waals surface area (Å²) in [6.45, 7) is 3.91. The van der Waals surface area contributed by atoms with Crippen LogP contribution in [0.2, 0.25) is 0 Å². The summed E-state index contributed by atoms with van der Waals surface area (Å²) in [7, 11) is 0. The van der Waals surface area contributed by atoms with Gasteiger partial charge in [-0.2, -0.15) is 0 Å². The number of nitrogens with one attached hydrogen (secondary N) is 1. The number of aliphatic hydroxyl groups is 3. The quantitative estimate of drug-likeness (QED) is 0.431. The fraction of sp³-hybridized carbons (Fsp3) is 0.900. The molecule has 6 heteroatoms. The number of rotatable bonds is 7. The highest BCUT2D eigenvalue weighted by Gasteiger charge is 2.16. The van der Waals surface area contributed by atoms with Crippen molar-refractivity contribution in [1.29, 1.82) is 0 Å². The molecule has 2 amide bonds. The van der Waals surface area contributed by atoms with Gasteiger partial charge in [0.15, 0.2) is 0 Å². The first kappa shape index (κ1) is 15.2. The highest BCUT2D eigenvalue weighted by atomic mass is 16.3. The summed E-state index contributed by atoms with van der Waals surface area (Å²) in [5.74, 6) is 0. The van der Waals surface area contributed by atoms with E-state index in [4.69, 9.17) is 5.11 Å². The van der Waals surface area contributed by atoms with Crippen LogP contribution in [0, 0.1) is 0 Å². The van der Waals surface area contributed by atoms with Crippen LogP contribution in [0.5, 0.6) is 0 Å². The molecular weight excluding hydrogens is 212 g/mol. The van der Waals surface area contributed by atoms with Crippen LogP contribution in [0.3, 0.4) is 0 Å². The van der Waals surface area contributed by atoms with E-state index in [0.717, 1.165) is 0 Å². The van der Waals surface area contributed by atoms with Crippen molar-refractivity contribution >= 4 is 6.03 Å². The minimum atomic E-state index is -0.637. The van der Waals surface area contributed by atoms with Crippen molar-refractivity contribution in [1.82, 2.24) is 10.2 Å². The molecule has 0 rings (SSSR count). The first-order valence-corrected chi connectivity index (χ1v) is 5.47. The minimum absolute atomic E-state index is 0.0209. The normalized spacial score (nSPS) is 14.3. The molecule has 0 aliphatic rings. The van der Waals surface area contributed by atoms with Crippen molar-refractivity contribution < 1.29 is 20.1 Å². The van der Waals surface area contributed by atoms with E-state index in [9.17, 15) is 15.0 Å². The molecule has 4 N–H and O–H groups in total. The van der Waals surface area contributed by atoms with E-state index in [0.29, 0.717) is 13.0 Å². The molecular formula is C10H22N2O4. The summed E-state index contributed by atoms with van der Waals surface area (Å²) in [4.78, 5) is 13.0. The molecule has 16 heavy (non-hydrogen) atoms. The van der Waals surface area contributed by atoms with Gasteiger partial charge < -0.3 is 25.5 Å². The van der Waals surface area contributed by atoms with Crippen LogP contribution in [0.15, 0.2) is 0 Å². The second-order valence-corrected chi connectivity index (χ2v) is 3.91. The van der Waals surface area contributed by atoms with Gasteiger partial charge in [-0.05, 0) is 20.3 Å². The number of aliphatic hydroxyl groups excluding tert-OH is 3. The maximum atomic E-state index is 11.6. The van der Waals surface area contributed by atoms with Crippen LogP contribution in [0.25, 0.3) is 0 Å². The molecule has 0 aromatic rings. The lowest BCUT2D eigenvalue weighted by Gasteiger charge is -2.25. The molecule has 0 fully saturated rings. The number of hydrogen-bond donors (Lipinski definition) is 4. The Bertz CT molecular complexity index is 187. The average Bonchev–Trinajstić information content (AvgIpc) is 2.15. The largest absolute Gasteiger partial charge is 0.396 e. The minimum Gasteiger partial charge on any atom is -0.396 e. The average molecular weight is 234 g/mol.